The molecule has 4 bridgehead atoms. The monoisotopic (exact) mass is 465 g/mol. The predicted octanol–water partition coefficient (Wildman–Crippen LogP) is 6.25. The summed E-state index contributed by atoms with van der Waals surface area (Å²) in [7, 11) is 0. The van der Waals surface area contributed by atoms with E-state index in [4.69, 9.17) is 0 Å². The van der Waals surface area contributed by atoms with Gasteiger partial charge in [0.15, 0.2) is 0 Å². The topological polar surface area (TPSA) is 46.4 Å². The molecule has 1 heterocycles. The number of nitrogens with one attached hydrogen (secondary N) is 1. The molecule has 4 saturated carbocycles. The number of amides is 1. The van der Waals surface area contributed by atoms with Gasteiger partial charge in [0.1, 0.15) is 0 Å². The molecule has 0 spiro atoms. The molecule has 1 aromatic heterocycles. The van der Waals surface area contributed by atoms with Crippen LogP contribution in [0.3, 0.4) is 0 Å². The van der Waals surface area contributed by atoms with Gasteiger partial charge in [-0.15, -0.1) is 0 Å². The van der Waals surface area contributed by atoms with Crippen molar-refractivity contribution in [2.24, 2.45) is 22.9 Å². The lowest BCUT2D eigenvalue weighted by Crippen LogP contribution is -2.48. The maximum atomic E-state index is 12.2. The number of aryl methyl sites for hydroxylation is 1. The molecule has 4 fully saturated rings. The van der Waals surface area contributed by atoms with Gasteiger partial charge in [-0.05, 0) is 105 Å². The van der Waals surface area contributed by atoms with E-state index in [-0.39, 0.29) is 5.91 Å². The quantitative estimate of drug-likeness (QED) is 0.339. The molecular weight excluding hydrogens is 430 g/mol. The van der Waals surface area contributed by atoms with Crippen LogP contribution < -0.4 is 5.43 Å². The van der Waals surface area contributed by atoms with Crippen molar-refractivity contribution in [3.63, 3.8) is 0 Å². The Bertz CT molecular complexity index is 1220. The van der Waals surface area contributed by atoms with Crippen LogP contribution in [-0.2, 0) is 16.6 Å². The highest BCUT2D eigenvalue weighted by Gasteiger charge is 2.51. The van der Waals surface area contributed by atoms with Crippen LogP contribution in [0, 0.1) is 31.6 Å². The minimum Gasteiger partial charge on any atom is -0.318 e. The first-order valence-electron chi connectivity index (χ1n) is 13.1. The zero-order chi connectivity index (χ0) is 24.0. The fourth-order valence-corrected chi connectivity index (χ4v) is 7.74. The van der Waals surface area contributed by atoms with Crippen molar-refractivity contribution in [2.75, 3.05) is 0 Å². The smallest absolute Gasteiger partial charge is 0.244 e. The highest BCUT2D eigenvalue weighted by Crippen LogP contribution is 2.60. The van der Waals surface area contributed by atoms with E-state index in [2.05, 4.69) is 59.3 Å². The van der Waals surface area contributed by atoms with Crippen LogP contribution in [0.5, 0.6) is 0 Å². The number of rotatable bonds is 6. The van der Waals surface area contributed by atoms with Gasteiger partial charge in [0.2, 0.25) is 5.91 Å². The van der Waals surface area contributed by atoms with Crippen molar-refractivity contribution in [2.45, 2.75) is 64.2 Å². The Morgan fingerprint density at radius 3 is 2.23 bits per heavy atom. The first-order chi connectivity index (χ1) is 17.0. The van der Waals surface area contributed by atoms with Gasteiger partial charge in [-0.1, -0.05) is 42.5 Å². The maximum Gasteiger partial charge on any atom is 0.244 e. The Morgan fingerprint density at radius 2 is 1.60 bits per heavy atom. The molecule has 4 aliphatic carbocycles. The molecule has 4 aliphatic rings. The molecule has 7 rings (SSSR count). The fraction of sp³-hybridized carbons (Fsp3) is 0.419. The molecule has 0 unspecified atom stereocenters. The van der Waals surface area contributed by atoms with Gasteiger partial charge >= 0.3 is 0 Å². The van der Waals surface area contributed by atoms with Gasteiger partial charge in [-0.25, -0.2) is 5.43 Å². The third kappa shape index (κ3) is 4.24. The van der Waals surface area contributed by atoms with E-state index in [1.165, 1.54) is 49.9 Å². The molecule has 0 radical (unpaired) electrons. The van der Waals surface area contributed by atoms with Crippen LogP contribution in [0.1, 0.15) is 66.6 Å². The third-order valence-electron chi connectivity index (χ3n) is 8.85. The van der Waals surface area contributed by atoms with E-state index in [9.17, 15) is 4.79 Å². The Morgan fingerprint density at radius 1 is 0.971 bits per heavy atom. The van der Waals surface area contributed by atoms with Crippen LogP contribution in [0.15, 0.2) is 65.8 Å². The number of hydrogen-bond acceptors (Lipinski definition) is 2. The summed E-state index contributed by atoms with van der Waals surface area (Å²) in [5, 5.41) is 4.23. The summed E-state index contributed by atoms with van der Waals surface area (Å²) in [5.41, 5.74) is 10.2. The van der Waals surface area contributed by atoms with Crippen LogP contribution in [0.25, 0.3) is 5.69 Å². The van der Waals surface area contributed by atoms with E-state index in [1.54, 1.807) is 11.8 Å². The van der Waals surface area contributed by atoms with Gasteiger partial charge in [0.25, 0.3) is 0 Å². The molecule has 0 saturated heterocycles. The number of carbonyl (C=O) groups excluding carboxylic acids is 1. The second-order valence-corrected chi connectivity index (χ2v) is 11.4. The van der Waals surface area contributed by atoms with E-state index in [0.29, 0.717) is 11.8 Å². The minimum absolute atomic E-state index is 0.110. The van der Waals surface area contributed by atoms with E-state index < -0.39 is 0 Å². The zero-order valence-electron chi connectivity index (χ0n) is 20.8. The van der Waals surface area contributed by atoms with Gasteiger partial charge in [0.05, 0.1) is 12.6 Å². The number of nitrogens with zero attached hydrogens (tertiary/aromatic N) is 2. The lowest BCUT2D eigenvalue weighted by Gasteiger charge is -2.57. The molecule has 0 atom stereocenters. The largest absolute Gasteiger partial charge is 0.318 e. The molecule has 4 heteroatoms. The number of hydrogen-bond donors (Lipinski definition) is 1. The standard InChI is InChI=1S/C31H35N3O/c1-21-12-27(20-32-33-30(35)16-23-6-4-3-5-7-23)22(2)34(21)29-10-8-28(9-11-29)31-17-24-13-25(18-31)15-26(14-24)19-31/h3-12,20,24-26H,13-19H2,1-2H3,(H,33,35)/b32-20+. The van der Waals surface area contributed by atoms with Gasteiger partial charge in [0, 0.05) is 22.6 Å². The first-order valence-corrected chi connectivity index (χ1v) is 13.1. The average Bonchev–Trinajstić information content (AvgIpc) is 3.12. The second-order valence-electron chi connectivity index (χ2n) is 11.4. The highest BCUT2D eigenvalue weighted by atomic mass is 16.2. The summed E-state index contributed by atoms with van der Waals surface area (Å²) in [6.45, 7) is 4.25. The molecule has 180 valence electrons. The normalized spacial score (nSPS) is 27.0. The average molecular weight is 466 g/mol. The van der Waals surface area contributed by atoms with Gasteiger partial charge in [-0.3, -0.25) is 4.79 Å². The van der Waals surface area contributed by atoms with Gasteiger partial charge in [-0.2, -0.15) is 5.10 Å². The van der Waals surface area contributed by atoms with E-state index in [1.807, 2.05) is 30.3 Å². The molecular formula is C31H35N3O. The first kappa shape index (κ1) is 22.3. The Kier molecular flexibility index (Phi) is 5.63. The Balaban J connectivity index is 1.17. The third-order valence-corrected chi connectivity index (χ3v) is 8.85. The van der Waals surface area contributed by atoms with Crippen LogP contribution in [0.2, 0.25) is 0 Å². The number of aromatic nitrogens is 1. The Labute approximate surface area is 208 Å². The summed E-state index contributed by atoms with van der Waals surface area (Å²) in [6, 6.07) is 21.3. The van der Waals surface area contributed by atoms with Crippen LogP contribution in [-0.4, -0.2) is 16.7 Å². The summed E-state index contributed by atoms with van der Waals surface area (Å²) in [6.07, 6.45) is 10.7. The molecule has 3 aromatic rings. The lowest BCUT2D eigenvalue weighted by molar-refractivity contribution is -0.120. The molecule has 0 aliphatic heterocycles. The van der Waals surface area contributed by atoms with Crippen LogP contribution >= 0.6 is 0 Å². The van der Waals surface area contributed by atoms with E-state index >= 15 is 0 Å². The predicted molar refractivity (Wildman–Crippen MR) is 141 cm³/mol. The number of carbonyl (C=O) groups is 1. The number of benzene rings is 2. The highest BCUT2D eigenvalue weighted by molar-refractivity contribution is 5.84. The van der Waals surface area contributed by atoms with Crippen molar-refractivity contribution in [3.05, 3.63) is 88.7 Å². The lowest BCUT2D eigenvalue weighted by atomic mass is 9.48. The van der Waals surface area contributed by atoms with Crippen molar-refractivity contribution in [3.8, 4) is 5.69 Å². The minimum atomic E-state index is -0.110. The number of hydrazone groups is 1. The van der Waals surface area contributed by atoms with Crippen molar-refractivity contribution < 1.29 is 4.79 Å². The molecule has 1 amide bonds. The summed E-state index contributed by atoms with van der Waals surface area (Å²) in [4.78, 5) is 12.2. The molecule has 1 N–H and O–H groups in total. The van der Waals surface area contributed by atoms with Crippen molar-refractivity contribution in [1.82, 2.24) is 9.99 Å². The Hall–Kier alpha value is -3.14. The SMILES string of the molecule is Cc1cc(/C=N/NC(=O)Cc2ccccc2)c(C)n1-c1ccc(C23CC4CC(CC(C4)C2)C3)cc1. The van der Waals surface area contributed by atoms with E-state index in [0.717, 1.165) is 34.6 Å². The molecule has 2 aromatic carbocycles. The summed E-state index contributed by atoms with van der Waals surface area (Å²) < 4.78 is 2.29. The zero-order valence-corrected chi connectivity index (χ0v) is 20.8. The van der Waals surface area contributed by atoms with Crippen molar-refractivity contribution >= 4 is 12.1 Å². The van der Waals surface area contributed by atoms with Crippen LogP contribution in [0.4, 0.5) is 0 Å². The maximum absolute atomic E-state index is 12.2. The molecule has 4 nitrogen and oxygen atoms in total. The summed E-state index contributed by atoms with van der Waals surface area (Å²) in [5.74, 6) is 2.78. The molecule has 35 heavy (non-hydrogen) atoms. The summed E-state index contributed by atoms with van der Waals surface area (Å²) >= 11 is 0. The van der Waals surface area contributed by atoms with Crippen molar-refractivity contribution in [1.29, 1.82) is 0 Å². The fourth-order valence-electron chi connectivity index (χ4n) is 7.74. The second kappa shape index (κ2) is 8.82. The van der Waals surface area contributed by atoms with Gasteiger partial charge < -0.3 is 4.57 Å².